The second-order valence-corrected chi connectivity index (χ2v) is 19.2. The standard InChI is InChI=1S/C18H33NSi2/c1-6-21(7-2,8-3)20(16-17(4)5)15-14-19-18-12-10-9-11-13-18/h9-13,16,19-20H,6-8,14-15H2,1-5H3. The van der Waals surface area contributed by atoms with Crippen LogP contribution in [0.5, 0.6) is 0 Å². The molecule has 118 valence electrons. The van der Waals surface area contributed by atoms with Gasteiger partial charge >= 0.3 is 0 Å². The second-order valence-electron chi connectivity index (χ2n) is 6.36. The molecule has 0 aliphatic rings. The third kappa shape index (κ3) is 5.47. The van der Waals surface area contributed by atoms with Gasteiger partial charge in [0.05, 0.1) is 8.31 Å². The number of rotatable bonds is 9. The highest BCUT2D eigenvalue weighted by atomic mass is 29.2. The third-order valence-corrected chi connectivity index (χ3v) is 22.5. The van der Waals surface area contributed by atoms with Gasteiger partial charge in [0.15, 0.2) is 0 Å². The van der Waals surface area contributed by atoms with Crippen molar-refractivity contribution in [2.24, 2.45) is 0 Å². The van der Waals surface area contributed by atoms with Gasteiger partial charge in [-0.15, -0.1) is 5.70 Å². The van der Waals surface area contributed by atoms with Crippen LogP contribution in [0.25, 0.3) is 0 Å². The minimum Gasteiger partial charge on any atom is -0.385 e. The van der Waals surface area contributed by atoms with E-state index >= 15 is 0 Å². The van der Waals surface area contributed by atoms with Crippen LogP contribution in [0.15, 0.2) is 41.6 Å². The lowest BCUT2D eigenvalue weighted by Gasteiger charge is -2.35. The lowest BCUT2D eigenvalue weighted by molar-refractivity contribution is 1.16. The van der Waals surface area contributed by atoms with Gasteiger partial charge in [-0.3, -0.25) is 0 Å². The fourth-order valence-electron chi connectivity index (χ4n) is 3.43. The first kappa shape index (κ1) is 18.2. The molecule has 1 rings (SSSR count). The zero-order valence-corrected chi connectivity index (χ0v) is 16.7. The van der Waals surface area contributed by atoms with Crippen LogP contribution in [0.3, 0.4) is 0 Å². The Morgan fingerprint density at radius 2 is 1.62 bits per heavy atom. The summed E-state index contributed by atoms with van der Waals surface area (Å²) in [6.45, 7) is 13.0. The molecule has 1 unspecified atom stereocenters. The van der Waals surface area contributed by atoms with Crippen molar-refractivity contribution in [2.45, 2.75) is 58.8 Å². The lowest BCUT2D eigenvalue weighted by atomic mass is 10.3. The third-order valence-electron chi connectivity index (χ3n) is 4.99. The average molecular weight is 320 g/mol. The van der Waals surface area contributed by atoms with Gasteiger partial charge in [0, 0.05) is 19.8 Å². The molecule has 1 aromatic carbocycles. The van der Waals surface area contributed by atoms with E-state index < -0.39 is 15.9 Å². The first-order chi connectivity index (χ1) is 10.1. The largest absolute Gasteiger partial charge is 0.385 e. The first-order valence-corrected chi connectivity index (χ1v) is 14.4. The molecular formula is C18H33NSi2. The Morgan fingerprint density at radius 3 is 2.10 bits per heavy atom. The van der Waals surface area contributed by atoms with Crippen molar-refractivity contribution < 1.29 is 0 Å². The molecule has 0 heterocycles. The summed E-state index contributed by atoms with van der Waals surface area (Å²) in [6, 6.07) is 16.4. The van der Waals surface area contributed by atoms with Crippen molar-refractivity contribution in [2.75, 3.05) is 11.9 Å². The monoisotopic (exact) mass is 319 g/mol. The molecule has 0 aliphatic carbocycles. The Kier molecular flexibility index (Phi) is 8.04. The number of anilines is 1. The average Bonchev–Trinajstić information content (AvgIpc) is 2.50. The number of hydrogen-bond donors (Lipinski definition) is 1. The second kappa shape index (κ2) is 9.26. The van der Waals surface area contributed by atoms with Gasteiger partial charge in [0.1, 0.15) is 0 Å². The molecule has 3 heteroatoms. The van der Waals surface area contributed by atoms with E-state index in [1.54, 1.807) is 5.57 Å². The molecule has 0 saturated heterocycles. The molecule has 0 radical (unpaired) electrons. The summed E-state index contributed by atoms with van der Waals surface area (Å²) in [6.07, 6.45) is 0. The topological polar surface area (TPSA) is 12.0 Å². The highest BCUT2D eigenvalue weighted by molar-refractivity contribution is 7.35. The number of nitrogens with one attached hydrogen (secondary N) is 1. The summed E-state index contributed by atoms with van der Waals surface area (Å²) >= 11 is 0. The molecular weight excluding hydrogens is 286 g/mol. The van der Waals surface area contributed by atoms with E-state index in [9.17, 15) is 0 Å². The van der Waals surface area contributed by atoms with Crippen molar-refractivity contribution >= 4 is 21.6 Å². The summed E-state index contributed by atoms with van der Waals surface area (Å²) < 4.78 is 0. The van der Waals surface area contributed by atoms with Gasteiger partial charge in [-0.25, -0.2) is 0 Å². The summed E-state index contributed by atoms with van der Waals surface area (Å²) in [7, 11) is -1.79. The predicted molar refractivity (Wildman–Crippen MR) is 104 cm³/mol. The molecule has 0 amide bonds. The van der Waals surface area contributed by atoms with Gasteiger partial charge < -0.3 is 5.32 Å². The quantitative estimate of drug-likeness (QED) is 0.599. The van der Waals surface area contributed by atoms with Crippen LogP contribution < -0.4 is 5.32 Å². The SMILES string of the molecule is CC[Si](CC)(CC)[SiH](C=C(C)C)CCNc1ccccc1. The van der Waals surface area contributed by atoms with E-state index in [0.29, 0.717) is 0 Å². The van der Waals surface area contributed by atoms with Crippen LogP contribution >= 0.6 is 0 Å². The van der Waals surface area contributed by atoms with E-state index in [0.717, 1.165) is 6.54 Å². The predicted octanol–water partition coefficient (Wildman–Crippen LogP) is 5.42. The van der Waals surface area contributed by atoms with Gasteiger partial charge in [0.2, 0.25) is 0 Å². The van der Waals surface area contributed by atoms with Gasteiger partial charge in [-0.05, 0) is 32.0 Å². The minimum atomic E-state index is -1.03. The zero-order chi connectivity index (χ0) is 15.7. The summed E-state index contributed by atoms with van der Waals surface area (Å²) in [5.74, 6) is 0. The normalized spacial score (nSPS) is 12.8. The Bertz CT molecular complexity index is 412. The Morgan fingerprint density at radius 1 is 1.05 bits per heavy atom. The number of benzene rings is 1. The van der Waals surface area contributed by atoms with Crippen LogP contribution in [0.1, 0.15) is 34.6 Å². The molecule has 0 aromatic heterocycles. The lowest BCUT2D eigenvalue weighted by Crippen LogP contribution is -2.49. The highest BCUT2D eigenvalue weighted by Crippen LogP contribution is 2.27. The molecule has 1 N–H and O–H groups in total. The summed E-state index contributed by atoms with van der Waals surface area (Å²) in [5, 5.41) is 3.62. The van der Waals surface area contributed by atoms with E-state index in [-0.39, 0.29) is 0 Å². The zero-order valence-electron chi connectivity index (χ0n) is 14.6. The van der Waals surface area contributed by atoms with Crippen molar-refractivity contribution in [1.82, 2.24) is 0 Å². The van der Waals surface area contributed by atoms with E-state index in [4.69, 9.17) is 0 Å². The minimum absolute atomic E-state index is 0.769. The maximum absolute atomic E-state index is 3.62. The number of allylic oxidation sites excluding steroid dienone is 1. The van der Waals surface area contributed by atoms with Crippen molar-refractivity contribution in [3.05, 3.63) is 41.6 Å². The van der Waals surface area contributed by atoms with Crippen molar-refractivity contribution in [1.29, 1.82) is 0 Å². The molecule has 1 aromatic rings. The molecule has 1 nitrogen and oxygen atoms in total. The fraction of sp³-hybridized carbons (Fsp3) is 0.556. The van der Waals surface area contributed by atoms with Gasteiger partial charge in [-0.1, -0.05) is 62.7 Å². The first-order valence-electron chi connectivity index (χ1n) is 8.52. The maximum atomic E-state index is 3.62. The van der Waals surface area contributed by atoms with Crippen molar-refractivity contribution in [3.8, 4) is 0 Å². The van der Waals surface area contributed by atoms with Crippen LogP contribution in [0.4, 0.5) is 5.69 Å². The van der Waals surface area contributed by atoms with Crippen LogP contribution in [-0.4, -0.2) is 22.5 Å². The molecule has 0 spiro atoms. The molecule has 21 heavy (non-hydrogen) atoms. The Hall–Kier alpha value is -0.806. The van der Waals surface area contributed by atoms with Gasteiger partial charge in [-0.2, -0.15) is 0 Å². The Balaban J connectivity index is 2.72. The van der Waals surface area contributed by atoms with E-state index in [1.807, 2.05) is 0 Å². The molecule has 0 fully saturated rings. The molecule has 1 atom stereocenters. The van der Waals surface area contributed by atoms with Crippen LogP contribution in [-0.2, 0) is 0 Å². The van der Waals surface area contributed by atoms with Crippen LogP contribution in [0.2, 0.25) is 24.2 Å². The number of para-hydroxylation sites is 1. The smallest absolute Gasteiger partial charge is 0.0576 e. The highest BCUT2D eigenvalue weighted by Gasteiger charge is 2.35. The summed E-state index contributed by atoms with van der Waals surface area (Å²) in [4.78, 5) is 0. The maximum Gasteiger partial charge on any atom is 0.0576 e. The molecule has 0 bridgehead atoms. The molecule has 0 aliphatic heterocycles. The van der Waals surface area contributed by atoms with E-state index in [2.05, 4.69) is 76.0 Å². The Labute approximate surface area is 134 Å². The van der Waals surface area contributed by atoms with Crippen LogP contribution in [0, 0.1) is 0 Å². The fourth-order valence-corrected chi connectivity index (χ4v) is 17.9. The molecule has 0 saturated carbocycles. The van der Waals surface area contributed by atoms with E-state index in [1.165, 1.54) is 29.9 Å². The number of hydrogen-bond acceptors (Lipinski definition) is 1. The van der Waals surface area contributed by atoms with Crippen molar-refractivity contribution in [3.63, 3.8) is 0 Å². The summed E-state index contributed by atoms with van der Waals surface area (Å²) in [5.41, 5.74) is 5.51. The van der Waals surface area contributed by atoms with Gasteiger partial charge in [0.25, 0.3) is 0 Å².